The number of rotatable bonds is 2. The highest BCUT2D eigenvalue weighted by Gasteiger charge is 2.24. The smallest absolute Gasteiger partial charge is 0.215 e. The fourth-order valence-corrected chi connectivity index (χ4v) is 2.50. The Morgan fingerprint density at radius 3 is 2.65 bits per heavy atom. The summed E-state index contributed by atoms with van der Waals surface area (Å²) in [4.78, 5) is 2.06. The van der Waals surface area contributed by atoms with Gasteiger partial charge in [0.1, 0.15) is 5.82 Å². The van der Waals surface area contributed by atoms with Crippen molar-refractivity contribution >= 4 is 17.5 Å². The van der Waals surface area contributed by atoms with Gasteiger partial charge in [-0.2, -0.15) is 9.78 Å². The number of hydrogen-bond donors (Lipinski definition) is 3. The van der Waals surface area contributed by atoms with E-state index in [1.54, 1.807) is 0 Å². The number of hydrogen-bond acceptors (Lipinski definition) is 4. The normalized spacial score (nSPS) is 12.9. The van der Waals surface area contributed by atoms with Gasteiger partial charge in [0.15, 0.2) is 0 Å². The summed E-state index contributed by atoms with van der Waals surface area (Å²) in [7, 11) is 4.03. The molecule has 0 spiro atoms. The summed E-state index contributed by atoms with van der Waals surface area (Å²) >= 11 is 0. The predicted molar refractivity (Wildman–Crippen MR) is 81.5 cm³/mol. The first-order valence-corrected chi connectivity index (χ1v) is 6.56. The lowest BCUT2D eigenvalue weighted by Gasteiger charge is -2.12. The van der Waals surface area contributed by atoms with E-state index in [4.69, 9.17) is 11.1 Å². The molecule has 104 valence electrons. The van der Waals surface area contributed by atoms with Crippen molar-refractivity contribution in [1.82, 2.24) is 9.78 Å². The van der Waals surface area contributed by atoms with Crippen molar-refractivity contribution in [3.63, 3.8) is 0 Å². The summed E-state index contributed by atoms with van der Waals surface area (Å²) < 4.78 is 1.47. The van der Waals surface area contributed by atoms with E-state index in [1.165, 1.54) is 4.68 Å². The van der Waals surface area contributed by atoms with Crippen LogP contribution < -0.4 is 16.0 Å². The Morgan fingerprint density at radius 1 is 1.35 bits per heavy atom. The van der Waals surface area contributed by atoms with Crippen molar-refractivity contribution < 1.29 is 0 Å². The van der Waals surface area contributed by atoms with E-state index >= 15 is 0 Å². The third kappa shape index (κ3) is 1.89. The van der Waals surface area contributed by atoms with Gasteiger partial charge in [0.05, 0.1) is 5.69 Å². The van der Waals surface area contributed by atoms with Crippen molar-refractivity contribution in [2.24, 2.45) is 5.73 Å². The maximum Gasteiger partial charge on any atom is 0.215 e. The molecule has 2 aromatic rings. The van der Waals surface area contributed by atoms with E-state index in [2.05, 4.69) is 39.6 Å². The third-order valence-electron chi connectivity index (χ3n) is 3.54. The molecule has 0 fully saturated rings. The Balaban J connectivity index is 2.06. The van der Waals surface area contributed by atoms with Crippen molar-refractivity contribution in [3.8, 4) is 11.3 Å². The molecule has 0 unspecified atom stereocenters. The van der Waals surface area contributed by atoms with Gasteiger partial charge < -0.3 is 16.0 Å². The molecule has 0 amide bonds. The number of nitrogens with zero attached hydrogens (tertiary/aromatic N) is 3. The average Bonchev–Trinajstić information content (AvgIpc) is 2.99. The third-order valence-corrected chi connectivity index (χ3v) is 3.54. The fourth-order valence-electron chi connectivity index (χ4n) is 2.50. The predicted octanol–water partition coefficient (Wildman–Crippen LogP) is 1.33. The van der Waals surface area contributed by atoms with Crippen LogP contribution in [0.4, 0.5) is 11.5 Å². The Bertz CT molecular complexity index is 653. The molecule has 0 bridgehead atoms. The number of aromatic nitrogens is 2. The minimum Gasteiger partial charge on any atom is -0.378 e. The van der Waals surface area contributed by atoms with Crippen LogP contribution >= 0.6 is 0 Å². The fraction of sp³-hybridized carbons (Fsp3) is 0.286. The molecule has 0 saturated heterocycles. The number of nitrogens with one attached hydrogen (secondary N) is 2. The molecule has 2 heterocycles. The van der Waals surface area contributed by atoms with Crippen LogP contribution in [-0.4, -0.2) is 36.4 Å². The number of nitrogen functional groups attached to an aromatic ring is 1. The van der Waals surface area contributed by atoms with E-state index in [-0.39, 0.29) is 5.96 Å². The first kappa shape index (κ1) is 12.5. The van der Waals surface area contributed by atoms with Crippen molar-refractivity contribution in [3.05, 3.63) is 29.8 Å². The highest BCUT2D eigenvalue weighted by molar-refractivity contribution is 5.84. The molecule has 0 aliphatic carbocycles. The van der Waals surface area contributed by atoms with Crippen LogP contribution in [0, 0.1) is 5.41 Å². The van der Waals surface area contributed by atoms with Gasteiger partial charge in [-0.25, -0.2) is 0 Å². The Hall–Kier alpha value is -2.50. The standard InChI is InChI=1S/C14H18N6/c1-19(2)10-5-3-9(4-6-10)12-11-7-8-17-13(11)20(18-12)14(15)16/h3-6,17H,7-8H2,1-2H3,(H3,15,16). The summed E-state index contributed by atoms with van der Waals surface area (Å²) in [5, 5.41) is 15.3. The molecular formula is C14H18N6. The van der Waals surface area contributed by atoms with E-state index in [0.717, 1.165) is 41.3 Å². The van der Waals surface area contributed by atoms with Gasteiger partial charge in [-0.3, -0.25) is 5.41 Å². The van der Waals surface area contributed by atoms with Gasteiger partial charge in [-0.05, 0) is 18.6 Å². The zero-order chi connectivity index (χ0) is 14.3. The van der Waals surface area contributed by atoms with E-state index in [0.29, 0.717) is 0 Å². The van der Waals surface area contributed by atoms with Gasteiger partial charge in [0.2, 0.25) is 5.96 Å². The second kappa shape index (κ2) is 4.56. The van der Waals surface area contributed by atoms with Gasteiger partial charge >= 0.3 is 0 Å². The maximum absolute atomic E-state index is 7.60. The van der Waals surface area contributed by atoms with Gasteiger partial charge in [-0.15, -0.1) is 0 Å². The van der Waals surface area contributed by atoms with Gasteiger partial charge in [0.25, 0.3) is 0 Å². The molecule has 6 heteroatoms. The Kier molecular flexibility index (Phi) is 2.85. The molecular weight excluding hydrogens is 252 g/mol. The molecule has 20 heavy (non-hydrogen) atoms. The van der Waals surface area contributed by atoms with Crippen LogP contribution in [0.15, 0.2) is 24.3 Å². The Morgan fingerprint density at radius 2 is 2.05 bits per heavy atom. The van der Waals surface area contributed by atoms with Crippen LogP contribution in [0.3, 0.4) is 0 Å². The molecule has 1 aliphatic heterocycles. The van der Waals surface area contributed by atoms with E-state index < -0.39 is 0 Å². The molecule has 0 radical (unpaired) electrons. The zero-order valence-corrected chi connectivity index (χ0v) is 11.6. The van der Waals surface area contributed by atoms with Crippen molar-refractivity contribution in [2.45, 2.75) is 6.42 Å². The number of fused-ring (bicyclic) bond motifs is 1. The molecule has 1 aromatic carbocycles. The quantitative estimate of drug-likeness (QED) is 0.568. The molecule has 6 nitrogen and oxygen atoms in total. The van der Waals surface area contributed by atoms with E-state index in [1.807, 2.05) is 14.1 Å². The average molecular weight is 270 g/mol. The largest absolute Gasteiger partial charge is 0.378 e. The van der Waals surface area contributed by atoms with Crippen LogP contribution in [0.1, 0.15) is 5.56 Å². The first-order valence-electron chi connectivity index (χ1n) is 6.56. The van der Waals surface area contributed by atoms with Crippen LogP contribution in [0.2, 0.25) is 0 Å². The molecule has 3 rings (SSSR count). The zero-order valence-electron chi connectivity index (χ0n) is 11.6. The molecule has 0 atom stereocenters. The maximum atomic E-state index is 7.60. The summed E-state index contributed by atoms with van der Waals surface area (Å²) in [6.07, 6.45) is 0.910. The van der Waals surface area contributed by atoms with Crippen LogP contribution in [0.5, 0.6) is 0 Å². The van der Waals surface area contributed by atoms with Crippen LogP contribution in [-0.2, 0) is 6.42 Å². The summed E-state index contributed by atoms with van der Waals surface area (Å²) in [6.45, 7) is 0.864. The molecule has 1 aromatic heterocycles. The highest BCUT2D eigenvalue weighted by Crippen LogP contribution is 2.33. The lowest BCUT2D eigenvalue weighted by atomic mass is 10.1. The monoisotopic (exact) mass is 270 g/mol. The van der Waals surface area contributed by atoms with Gasteiger partial charge in [0, 0.05) is 37.5 Å². The number of anilines is 2. The second-order valence-corrected chi connectivity index (χ2v) is 5.09. The lowest BCUT2D eigenvalue weighted by molar-refractivity contribution is 0.910. The number of benzene rings is 1. The van der Waals surface area contributed by atoms with Gasteiger partial charge in [-0.1, -0.05) is 12.1 Å². The molecule has 1 aliphatic rings. The first-order chi connectivity index (χ1) is 9.58. The topological polar surface area (TPSA) is 83.0 Å². The SMILES string of the molecule is CN(C)c1ccc(-c2nn(C(=N)N)c3c2CCN3)cc1. The summed E-state index contributed by atoms with van der Waals surface area (Å²) in [6, 6.07) is 8.25. The second-order valence-electron chi connectivity index (χ2n) is 5.09. The molecule has 0 saturated carbocycles. The minimum atomic E-state index is -0.0631. The summed E-state index contributed by atoms with van der Waals surface area (Å²) in [5.74, 6) is 0.788. The van der Waals surface area contributed by atoms with E-state index in [9.17, 15) is 0 Å². The summed E-state index contributed by atoms with van der Waals surface area (Å²) in [5.41, 5.74) is 9.82. The molecule has 4 N–H and O–H groups in total. The minimum absolute atomic E-state index is 0.0631. The van der Waals surface area contributed by atoms with Crippen molar-refractivity contribution in [2.75, 3.05) is 30.9 Å². The lowest BCUT2D eigenvalue weighted by Crippen LogP contribution is -2.23. The number of nitrogens with two attached hydrogens (primary N) is 1. The van der Waals surface area contributed by atoms with Crippen LogP contribution in [0.25, 0.3) is 11.3 Å². The Labute approximate surface area is 117 Å². The highest BCUT2D eigenvalue weighted by atomic mass is 15.4. The van der Waals surface area contributed by atoms with Crippen molar-refractivity contribution in [1.29, 1.82) is 5.41 Å².